The molecule has 0 unspecified atom stereocenters. The van der Waals surface area contributed by atoms with Crippen LogP contribution in [0, 0.1) is 0 Å². The Morgan fingerprint density at radius 2 is 1.30 bits per heavy atom. The molecule has 3 rings (SSSR count). The average molecular weight is 402 g/mol. The van der Waals surface area contributed by atoms with Crippen LogP contribution in [0.15, 0.2) is 83.0 Å². The van der Waals surface area contributed by atoms with Crippen LogP contribution in [0.3, 0.4) is 0 Å². The van der Waals surface area contributed by atoms with E-state index in [1.165, 1.54) is 6.21 Å². The smallest absolute Gasteiger partial charge is 0.213 e. The number of methoxy groups -OCH3 is 3. The van der Waals surface area contributed by atoms with Crippen molar-refractivity contribution in [3.63, 3.8) is 0 Å². The number of ketones is 1. The fourth-order valence-electron chi connectivity index (χ4n) is 2.89. The van der Waals surface area contributed by atoms with Crippen molar-refractivity contribution in [1.29, 1.82) is 0 Å². The van der Waals surface area contributed by atoms with E-state index < -0.39 is 0 Å². The molecular formula is C24H22N2O4. The third kappa shape index (κ3) is 4.72. The molecule has 6 nitrogen and oxygen atoms in total. The van der Waals surface area contributed by atoms with Crippen molar-refractivity contribution < 1.29 is 19.0 Å². The molecule has 30 heavy (non-hydrogen) atoms. The fraction of sp³-hybridized carbons (Fsp3) is 0.125. The lowest BCUT2D eigenvalue weighted by molar-refractivity contribution is 0.106. The van der Waals surface area contributed by atoms with E-state index in [1.807, 2.05) is 48.5 Å². The Morgan fingerprint density at radius 1 is 0.767 bits per heavy atom. The molecule has 0 amide bonds. The number of hydrogen-bond donors (Lipinski definition) is 0. The van der Waals surface area contributed by atoms with Crippen LogP contribution < -0.4 is 14.2 Å². The summed E-state index contributed by atoms with van der Waals surface area (Å²) in [6, 6.07) is 21.7. The normalized spacial score (nSPS) is 11.4. The van der Waals surface area contributed by atoms with Gasteiger partial charge in [-0.05, 0) is 12.1 Å². The summed E-state index contributed by atoms with van der Waals surface area (Å²) in [6.45, 7) is 0. The highest BCUT2D eigenvalue weighted by atomic mass is 16.5. The maximum absolute atomic E-state index is 13.0. The molecule has 0 radical (unpaired) electrons. The fourth-order valence-corrected chi connectivity index (χ4v) is 2.89. The van der Waals surface area contributed by atoms with Gasteiger partial charge < -0.3 is 14.2 Å². The van der Waals surface area contributed by atoms with Gasteiger partial charge in [0.1, 0.15) is 5.71 Å². The van der Waals surface area contributed by atoms with E-state index in [4.69, 9.17) is 14.2 Å². The predicted molar refractivity (Wildman–Crippen MR) is 117 cm³/mol. The second-order valence-electron chi connectivity index (χ2n) is 6.21. The minimum absolute atomic E-state index is 0.205. The number of ether oxygens (including phenoxy) is 3. The Labute approximate surface area is 175 Å². The monoisotopic (exact) mass is 402 g/mol. The molecule has 0 saturated carbocycles. The van der Waals surface area contributed by atoms with Crippen molar-refractivity contribution in [2.24, 2.45) is 10.2 Å². The third-order valence-electron chi connectivity index (χ3n) is 4.35. The number of benzene rings is 3. The van der Waals surface area contributed by atoms with Crippen LogP contribution in [0.2, 0.25) is 0 Å². The van der Waals surface area contributed by atoms with E-state index >= 15 is 0 Å². The number of nitrogens with zero attached hydrogens (tertiary/aromatic N) is 2. The highest BCUT2D eigenvalue weighted by Gasteiger charge is 2.16. The Balaban J connectivity index is 1.99. The van der Waals surface area contributed by atoms with Gasteiger partial charge in [0.15, 0.2) is 11.5 Å². The Bertz CT molecular complexity index is 1040. The van der Waals surface area contributed by atoms with Crippen molar-refractivity contribution in [2.45, 2.75) is 0 Å². The molecule has 6 heteroatoms. The molecule has 0 heterocycles. The summed E-state index contributed by atoms with van der Waals surface area (Å²) in [5, 5.41) is 8.40. The second kappa shape index (κ2) is 10.0. The molecule has 0 bridgehead atoms. The third-order valence-corrected chi connectivity index (χ3v) is 4.35. The topological polar surface area (TPSA) is 69.5 Å². The van der Waals surface area contributed by atoms with Gasteiger partial charge in [-0.15, -0.1) is 5.10 Å². The summed E-state index contributed by atoms with van der Waals surface area (Å²) in [5.74, 6) is 1.30. The number of carbonyl (C=O) groups excluding carboxylic acids is 1. The molecule has 152 valence electrons. The lowest BCUT2D eigenvalue weighted by Crippen LogP contribution is -2.15. The van der Waals surface area contributed by atoms with Crippen molar-refractivity contribution in [3.8, 4) is 17.2 Å². The highest BCUT2D eigenvalue weighted by Crippen LogP contribution is 2.37. The van der Waals surface area contributed by atoms with E-state index in [1.54, 1.807) is 45.6 Å². The largest absolute Gasteiger partial charge is 0.493 e. The molecule has 0 aliphatic rings. The van der Waals surface area contributed by atoms with Gasteiger partial charge in [0.25, 0.3) is 0 Å². The van der Waals surface area contributed by atoms with Crippen LogP contribution >= 0.6 is 0 Å². The summed E-state index contributed by atoms with van der Waals surface area (Å²) in [6.07, 6.45) is 1.53. The Kier molecular flexibility index (Phi) is 6.95. The number of rotatable bonds is 8. The summed E-state index contributed by atoms with van der Waals surface area (Å²) in [7, 11) is 4.63. The Hall–Kier alpha value is -3.93. The molecule has 0 aromatic heterocycles. The zero-order valence-corrected chi connectivity index (χ0v) is 17.0. The minimum Gasteiger partial charge on any atom is -0.493 e. The summed E-state index contributed by atoms with van der Waals surface area (Å²) >= 11 is 0. The molecule has 0 aliphatic carbocycles. The zero-order valence-electron chi connectivity index (χ0n) is 17.0. The first-order valence-electron chi connectivity index (χ1n) is 9.24. The SMILES string of the molecule is COc1cc(/C=N\N=C(/C(=O)c2ccccc2)c2ccccc2)cc(OC)c1OC. The van der Waals surface area contributed by atoms with Gasteiger partial charge in [-0.2, -0.15) is 5.10 Å². The number of hydrogen-bond acceptors (Lipinski definition) is 6. The molecule has 0 saturated heterocycles. The van der Waals surface area contributed by atoms with E-state index in [2.05, 4.69) is 10.2 Å². The minimum atomic E-state index is -0.205. The lowest BCUT2D eigenvalue weighted by Gasteiger charge is -2.12. The highest BCUT2D eigenvalue weighted by molar-refractivity contribution is 6.51. The maximum Gasteiger partial charge on any atom is 0.213 e. The van der Waals surface area contributed by atoms with Crippen LogP contribution in [-0.2, 0) is 0 Å². The van der Waals surface area contributed by atoms with E-state index in [0.717, 1.165) is 0 Å². The van der Waals surface area contributed by atoms with E-state index in [0.29, 0.717) is 33.9 Å². The first-order valence-corrected chi connectivity index (χ1v) is 9.24. The second-order valence-corrected chi connectivity index (χ2v) is 6.21. The van der Waals surface area contributed by atoms with Gasteiger partial charge >= 0.3 is 0 Å². The first-order chi connectivity index (χ1) is 14.7. The quantitative estimate of drug-likeness (QED) is 0.318. The van der Waals surface area contributed by atoms with Crippen molar-refractivity contribution in [3.05, 3.63) is 89.5 Å². The molecule has 0 fully saturated rings. The van der Waals surface area contributed by atoms with Gasteiger partial charge in [0, 0.05) is 16.7 Å². The van der Waals surface area contributed by atoms with Crippen molar-refractivity contribution in [1.82, 2.24) is 0 Å². The van der Waals surface area contributed by atoms with Gasteiger partial charge in [-0.25, -0.2) is 0 Å². The molecule has 3 aromatic rings. The molecule has 3 aromatic carbocycles. The molecule has 0 spiro atoms. The summed E-state index contributed by atoms with van der Waals surface area (Å²) in [4.78, 5) is 13.0. The molecule has 0 atom stereocenters. The van der Waals surface area contributed by atoms with Crippen LogP contribution in [-0.4, -0.2) is 39.0 Å². The van der Waals surface area contributed by atoms with E-state index in [9.17, 15) is 4.79 Å². The predicted octanol–water partition coefficient (Wildman–Crippen LogP) is 4.42. The molecular weight excluding hydrogens is 380 g/mol. The lowest BCUT2D eigenvalue weighted by atomic mass is 10.0. The molecule has 0 N–H and O–H groups in total. The van der Waals surface area contributed by atoms with Crippen LogP contribution in [0.1, 0.15) is 21.5 Å². The molecule has 0 aliphatic heterocycles. The van der Waals surface area contributed by atoms with Crippen molar-refractivity contribution >= 4 is 17.7 Å². The average Bonchev–Trinajstić information content (AvgIpc) is 2.81. The van der Waals surface area contributed by atoms with Crippen molar-refractivity contribution in [2.75, 3.05) is 21.3 Å². The van der Waals surface area contributed by atoms with E-state index in [-0.39, 0.29) is 11.5 Å². The number of carbonyl (C=O) groups is 1. The van der Waals surface area contributed by atoms with Gasteiger partial charge in [0.2, 0.25) is 11.5 Å². The maximum atomic E-state index is 13.0. The van der Waals surface area contributed by atoms with Gasteiger partial charge in [-0.3, -0.25) is 4.79 Å². The number of Topliss-reactive ketones (excluding diaryl/α,β-unsaturated/α-hetero) is 1. The standard InChI is InChI=1S/C24H22N2O4/c1-28-20-14-17(15-21(29-2)24(20)30-3)16-25-26-22(18-10-6-4-7-11-18)23(27)19-12-8-5-9-13-19/h4-16H,1-3H3/b25-16-,26-22-. The Morgan fingerprint density at radius 3 is 1.80 bits per heavy atom. The summed E-state index contributed by atoms with van der Waals surface area (Å²) < 4.78 is 16.0. The first kappa shape index (κ1) is 20.8. The van der Waals surface area contributed by atoms with Crippen LogP contribution in [0.25, 0.3) is 0 Å². The zero-order chi connectivity index (χ0) is 21.3. The summed E-state index contributed by atoms with van der Waals surface area (Å²) in [5.41, 5.74) is 2.18. The van der Waals surface area contributed by atoms with Gasteiger partial charge in [0.05, 0.1) is 27.5 Å². The van der Waals surface area contributed by atoms with Gasteiger partial charge in [-0.1, -0.05) is 60.7 Å². The van der Waals surface area contributed by atoms with Crippen LogP contribution in [0.4, 0.5) is 0 Å². The van der Waals surface area contributed by atoms with Crippen LogP contribution in [0.5, 0.6) is 17.2 Å².